The molecule has 3 aromatic rings. The summed E-state index contributed by atoms with van der Waals surface area (Å²) in [6.45, 7) is -0.235. The third-order valence-electron chi connectivity index (χ3n) is 3.70. The molecule has 132 valence electrons. The summed E-state index contributed by atoms with van der Waals surface area (Å²) in [5.41, 5.74) is 0.993. The maximum atomic E-state index is 12.7. The Bertz CT molecular complexity index is 959. The molecule has 0 radical (unpaired) electrons. The fraction of sp³-hybridized carbons (Fsp3) is 0.100. The molecule has 0 saturated carbocycles. The lowest BCUT2D eigenvalue weighted by atomic mass is 10.1. The Labute approximate surface area is 147 Å². The summed E-state index contributed by atoms with van der Waals surface area (Å²) in [7, 11) is 0. The molecule has 1 heterocycles. The van der Waals surface area contributed by atoms with Crippen LogP contribution in [-0.4, -0.2) is 11.0 Å². The fourth-order valence-corrected chi connectivity index (χ4v) is 2.46. The van der Waals surface area contributed by atoms with Crippen LogP contribution < -0.4 is 0 Å². The minimum Gasteiger partial charge on any atom is -0.458 e. The largest absolute Gasteiger partial charge is 0.458 e. The number of para-hydroxylation sites is 1. The highest BCUT2D eigenvalue weighted by Crippen LogP contribution is 2.29. The SMILES string of the molecule is O=C(/C=C/c1cccc2cccnc12)OCc1cccc(C(F)(F)F)c1. The van der Waals surface area contributed by atoms with Crippen LogP contribution in [0.25, 0.3) is 17.0 Å². The summed E-state index contributed by atoms with van der Waals surface area (Å²) >= 11 is 0. The van der Waals surface area contributed by atoms with Crippen molar-refractivity contribution in [3.8, 4) is 0 Å². The van der Waals surface area contributed by atoms with Crippen LogP contribution in [0.1, 0.15) is 16.7 Å². The zero-order valence-corrected chi connectivity index (χ0v) is 13.5. The second-order valence-corrected chi connectivity index (χ2v) is 5.56. The van der Waals surface area contributed by atoms with Gasteiger partial charge >= 0.3 is 12.1 Å². The first-order valence-corrected chi connectivity index (χ1v) is 7.78. The van der Waals surface area contributed by atoms with Gasteiger partial charge in [0.25, 0.3) is 0 Å². The highest BCUT2D eigenvalue weighted by Gasteiger charge is 2.30. The molecule has 26 heavy (non-hydrogen) atoms. The first-order chi connectivity index (χ1) is 12.4. The lowest BCUT2D eigenvalue weighted by Crippen LogP contribution is -2.06. The van der Waals surface area contributed by atoms with Gasteiger partial charge in [-0.05, 0) is 29.8 Å². The third-order valence-corrected chi connectivity index (χ3v) is 3.70. The molecule has 0 fully saturated rings. The average Bonchev–Trinajstić information content (AvgIpc) is 2.64. The molecule has 0 spiro atoms. The monoisotopic (exact) mass is 357 g/mol. The van der Waals surface area contributed by atoms with Crippen LogP contribution in [0.4, 0.5) is 13.2 Å². The van der Waals surface area contributed by atoms with Crippen molar-refractivity contribution >= 4 is 22.9 Å². The number of benzene rings is 2. The quantitative estimate of drug-likeness (QED) is 0.487. The van der Waals surface area contributed by atoms with E-state index in [9.17, 15) is 18.0 Å². The van der Waals surface area contributed by atoms with Gasteiger partial charge in [0.1, 0.15) is 6.61 Å². The minimum absolute atomic E-state index is 0.235. The Hall–Kier alpha value is -3.15. The standard InChI is InChI=1S/C20H14F3NO2/c21-20(22,23)17-8-1-4-14(12-17)13-26-18(25)10-9-16-6-2-5-15-7-3-11-24-19(15)16/h1-12H,13H2/b10-9+. The zero-order valence-electron chi connectivity index (χ0n) is 13.5. The Morgan fingerprint density at radius 1 is 1.08 bits per heavy atom. The lowest BCUT2D eigenvalue weighted by molar-refractivity contribution is -0.138. The Balaban J connectivity index is 1.67. The number of hydrogen-bond acceptors (Lipinski definition) is 3. The van der Waals surface area contributed by atoms with E-state index >= 15 is 0 Å². The van der Waals surface area contributed by atoms with Crippen molar-refractivity contribution in [2.24, 2.45) is 0 Å². The van der Waals surface area contributed by atoms with E-state index in [0.717, 1.165) is 28.6 Å². The maximum Gasteiger partial charge on any atom is 0.416 e. The van der Waals surface area contributed by atoms with Crippen molar-refractivity contribution in [1.82, 2.24) is 4.98 Å². The summed E-state index contributed by atoms with van der Waals surface area (Å²) < 4.78 is 43.1. The predicted octanol–water partition coefficient (Wildman–Crippen LogP) is 5.01. The van der Waals surface area contributed by atoms with Crippen LogP contribution in [-0.2, 0) is 22.3 Å². The highest BCUT2D eigenvalue weighted by atomic mass is 19.4. The van der Waals surface area contributed by atoms with Gasteiger partial charge in [0.05, 0.1) is 11.1 Å². The van der Waals surface area contributed by atoms with Crippen LogP contribution in [0.5, 0.6) is 0 Å². The summed E-state index contributed by atoms with van der Waals surface area (Å²) in [5, 5.41) is 0.937. The van der Waals surface area contributed by atoms with Gasteiger partial charge in [-0.25, -0.2) is 4.79 Å². The molecule has 0 bridgehead atoms. The molecule has 0 atom stereocenters. The van der Waals surface area contributed by atoms with Gasteiger partial charge in [0.2, 0.25) is 0 Å². The average molecular weight is 357 g/mol. The molecule has 0 amide bonds. The molecule has 0 saturated heterocycles. The number of alkyl halides is 3. The Kier molecular flexibility index (Phi) is 5.02. The first-order valence-electron chi connectivity index (χ1n) is 7.78. The van der Waals surface area contributed by atoms with Crippen LogP contribution in [0.3, 0.4) is 0 Å². The predicted molar refractivity (Wildman–Crippen MR) is 92.0 cm³/mol. The number of ether oxygens (including phenoxy) is 1. The van der Waals surface area contributed by atoms with Crippen molar-refractivity contribution in [2.75, 3.05) is 0 Å². The topological polar surface area (TPSA) is 39.2 Å². The van der Waals surface area contributed by atoms with Crippen molar-refractivity contribution in [3.63, 3.8) is 0 Å². The Morgan fingerprint density at radius 3 is 2.65 bits per heavy atom. The molecule has 6 heteroatoms. The van der Waals surface area contributed by atoms with Gasteiger partial charge < -0.3 is 4.74 Å². The number of rotatable bonds is 4. The molecule has 2 aromatic carbocycles. The zero-order chi connectivity index (χ0) is 18.6. The fourth-order valence-electron chi connectivity index (χ4n) is 2.46. The molecule has 1 aromatic heterocycles. The van der Waals surface area contributed by atoms with Crippen molar-refractivity contribution in [1.29, 1.82) is 0 Å². The molecule has 0 aliphatic heterocycles. The summed E-state index contributed by atoms with van der Waals surface area (Å²) in [4.78, 5) is 16.1. The summed E-state index contributed by atoms with van der Waals surface area (Å²) in [6.07, 6.45) is 0.0355. The van der Waals surface area contributed by atoms with Gasteiger partial charge in [-0.3, -0.25) is 4.98 Å². The van der Waals surface area contributed by atoms with E-state index in [2.05, 4.69) is 4.98 Å². The second kappa shape index (κ2) is 7.39. The number of nitrogens with zero attached hydrogens (tertiary/aromatic N) is 1. The molecule has 0 unspecified atom stereocenters. The van der Waals surface area contributed by atoms with Gasteiger partial charge in [-0.2, -0.15) is 13.2 Å². The maximum absolute atomic E-state index is 12.7. The van der Waals surface area contributed by atoms with Gasteiger partial charge in [0.15, 0.2) is 0 Å². The third kappa shape index (κ3) is 4.27. The first kappa shape index (κ1) is 17.7. The molecule has 0 aliphatic rings. The molecule has 3 rings (SSSR count). The smallest absolute Gasteiger partial charge is 0.416 e. The lowest BCUT2D eigenvalue weighted by Gasteiger charge is -2.08. The van der Waals surface area contributed by atoms with E-state index in [-0.39, 0.29) is 12.2 Å². The van der Waals surface area contributed by atoms with Gasteiger partial charge in [-0.1, -0.05) is 36.4 Å². The van der Waals surface area contributed by atoms with Crippen LogP contribution in [0, 0.1) is 0 Å². The summed E-state index contributed by atoms with van der Waals surface area (Å²) in [5.74, 6) is -0.643. The number of halogens is 3. The van der Waals surface area contributed by atoms with Crippen molar-refractivity contribution in [2.45, 2.75) is 12.8 Å². The number of hydrogen-bond donors (Lipinski definition) is 0. The van der Waals surface area contributed by atoms with E-state index in [1.54, 1.807) is 12.3 Å². The molecule has 0 N–H and O–H groups in total. The number of aromatic nitrogens is 1. The molecule has 0 aliphatic carbocycles. The number of carbonyl (C=O) groups excluding carboxylic acids is 1. The molecular weight excluding hydrogens is 343 g/mol. The van der Waals surface area contributed by atoms with Crippen molar-refractivity contribution in [3.05, 3.63) is 83.6 Å². The van der Waals surface area contributed by atoms with Crippen LogP contribution in [0.15, 0.2) is 66.9 Å². The van der Waals surface area contributed by atoms with Gasteiger partial charge in [0, 0.05) is 23.2 Å². The number of fused-ring (bicyclic) bond motifs is 1. The van der Waals surface area contributed by atoms with E-state index in [0.29, 0.717) is 0 Å². The number of pyridine rings is 1. The van der Waals surface area contributed by atoms with E-state index < -0.39 is 17.7 Å². The highest BCUT2D eigenvalue weighted by molar-refractivity contribution is 5.92. The van der Waals surface area contributed by atoms with Gasteiger partial charge in [-0.15, -0.1) is 0 Å². The van der Waals surface area contributed by atoms with E-state index in [1.165, 1.54) is 18.2 Å². The second-order valence-electron chi connectivity index (χ2n) is 5.56. The minimum atomic E-state index is -4.43. The van der Waals surface area contributed by atoms with Crippen LogP contribution >= 0.6 is 0 Å². The normalized spacial score (nSPS) is 11.8. The van der Waals surface area contributed by atoms with Crippen molar-refractivity contribution < 1.29 is 22.7 Å². The molecular formula is C20H14F3NO2. The van der Waals surface area contributed by atoms with Crippen LogP contribution in [0.2, 0.25) is 0 Å². The Morgan fingerprint density at radius 2 is 1.85 bits per heavy atom. The van der Waals surface area contributed by atoms with E-state index in [1.807, 2.05) is 30.3 Å². The summed E-state index contributed by atoms with van der Waals surface area (Å²) in [6, 6.07) is 14.0. The number of carbonyl (C=O) groups is 1. The molecule has 3 nitrogen and oxygen atoms in total. The van der Waals surface area contributed by atoms with E-state index in [4.69, 9.17) is 4.74 Å². The number of esters is 1.